The van der Waals surface area contributed by atoms with Crippen LogP contribution in [0.3, 0.4) is 0 Å². The van der Waals surface area contributed by atoms with Crippen LogP contribution in [0.25, 0.3) is 5.57 Å². The van der Waals surface area contributed by atoms with Gasteiger partial charge in [-0.15, -0.1) is 0 Å². The normalized spacial score (nSPS) is 20.5. The minimum Gasteiger partial charge on any atom is -0.496 e. The molecule has 2 aliphatic carbocycles. The van der Waals surface area contributed by atoms with Crippen LogP contribution in [0.4, 0.5) is 4.39 Å². The number of allylic oxidation sites excluding steroid dienone is 3. The quantitative estimate of drug-likeness (QED) is 0.540. The van der Waals surface area contributed by atoms with E-state index in [4.69, 9.17) is 9.47 Å². The Morgan fingerprint density at radius 1 is 1.19 bits per heavy atom. The van der Waals surface area contributed by atoms with Crippen LogP contribution in [-0.4, -0.2) is 43.6 Å². The molecule has 0 aliphatic heterocycles. The SMILES string of the molecule is CCOC(=O)Cc1ccc(OC)c(C2=CC=C(F)C(C)C2CN(CC)C(=O)C2CC2)c1. The lowest BCUT2D eigenvalue weighted by Gasteiger charge is -2.34. The van der Waals surface area contributed by atoms with Crippen LogP contribution in [0.5, 0.6) is 5.75 Å². The van der Waals surface area contributed by atoms with Crippen LogP contribution in [0.2, 0.25) is 0 Å². The topological polar surface area (TPSA) is 55.8 Å². The largest absolute Gasteiger partial charge is 0.496 e. The molecule has 2 unspecified atom stereocenters. The number of hydrogen-bond donors (Lipinski definition) is 0. The van der Waals surface area contributed by atoms with Crippen molar-refractivity contribution in [2.24, 2.45) is 17.8 Å². The lowest BCUT2D eigenvalue weighted by molar-refractivity contribution is -0.142. The Hall–Kier alpha value is -2.63. The van der Waals surface area contributed by atoms with Crippen molar-refractivity contribution in [3.05, 3.63) is 47.3 Å². The minimum atomic E-state index is -0.362. The molecule has 0 spiro atoms. The van der Waals surface area contributed by atoms with Gasteiger partial charge < -0.3 is 14.4 Å². The van der Waals surface area contributed by atoms with Gasteiger partial charge in [0, 0.05) is 36.4 Å². The average molecular weight is 430 g/mol. The van der Waals surface area contributed by atoms with E-state index in [0.29, 0.717) is 25.4 Å². The third-order valence-electron chi connectivity index (χ3n) is 6.13. The van der Waals surface area contributed by atoms with Gasteiger partial charge in [0.2, 0.25) is 5.91 Å². The van der Waals surface area contributed by atoms with Crippen molar-refractivity contribution in [3.8, 4) is 5.75 Å². The molecule has 0 bridgehead atoms. The van der Waals surface area contributed by atoms with Crippen molar-refractivity contribution >= 4 is 17.4 Å². The van der Waals surface area contributed by atoms with E-state index in [1.807, 2.05) is 36.9 Å². The van der Waals surface area contributed by atoms with Gasteiger partial charge in [0.1, 0.15) is 11.6 Å². The molecule has 0 radical (unpaired) electrons. The molecular weight excluding hydrogens is 397 g/mol. The van der Waals surface area contributed by atoms with E-state index in [1.165, 1.54) is 6.08 Å². The molecule has 1 amide bonds. The fraction of sp³-hybridized carbons (Fsp3) is 0.520. The Morgan fingerprint density at radius 3 is 2.55 bits per heavy atom. The Morgan fingerprint density at radius 2 is 1.94 bits per heavy atom. The molecule has 1 saturated carbocycles. The zero-order valence-corrected chi connectivity index (χ0v) is 18.8. The van der Waals surface area contributed by atoms with Gasteiger partial charge in [-0.1, -0.05) is 19.1 Å². The summed E-state index contributed by atoms with van der Waals surface area (Å²) in [5.74, 6) is -0.118. The van der Waals surface area contributed by atoms with Gasteiger partial charge in [-0.05, 0) is 56.0 Å². The molecule has 31 heavy (non-hydrogen) atoms. The highest BCUT2D eigenvalue weighted by atomic mass is 19.1. The number of methoxy groups -OCH3 is 1. The van der Waals surface area contributed by atoms with E-state index in [-0.39, 0.29) is 41.9 Å². The summed E-state index contributed by atoms with van der Waals surface area (Å²) in [5.41, 5.74) is 2.54. The van der Waals surface area contributed by atoms with Crippen molar-refractivity contribution < 1.29 is 23.5 Å². The van der Waals surface area contributed by atoms with Crippen LogP contribution >= 0.6 is 0 Å². The van der Waals surface area contributed by atoms with Gasteiger partial charge in [-0.2, -0.15) is 0 Å². The number of benzene rings is 1. The number of carbonyl (C=O) groups is 2. The lowest BCUT2D eigenvalue weighted by atomic mass is 9.78. The van der Waals surface area contributed by atoms with E-state index in [9.17, 15) is 14.0 Å². The van der Waals surface area contributed by atoms with Crippen LogP contribution in [-0.2, 0) is 20.7 Å². The van der Waals surface area contributed by atoms with Crippen LogP contribution in [0.15, 0.2) is 36.2 Å². The number of rotatable bonds is 9. The molecule has 5 nitrogen and oxygen atoms in total. The monoisotopic (exact) mass is 429 g/mol. The van der Waals surface area contributed by atoms with E-state index in [1.54, 1.807) is 20.1 Å². The maximum atomic E-state index is 14.6. The Labute approximate surface area is 183 Å². The highest BCUT2D eigenvalue weighted by Crippen LogP contribution is 2.42. The highest BCUT2D eigenvalue weighted by molar-refractivity contribution is 5.82. The summed E-state index contributed by atoms with van der Waals surface area (Å²) in [6, 6.07) is 5.58. The fourth-order valence-corrected chi connectivity index (χ4v) is 4.12. The molecule has 3 rings (SSSR count). The molecule has 1 aromatic rings. The van der Waals surface area contributed by atoms with E-state index >= 15 is 0 Å². The summed E-state index contributed by atoms with van der Waals surface area (Å²) in [4.78, 5) is 26.5. The second-order valence-electron chi connectivity index (χ2n) is 8.24. The summed E-state index contributed by atoms with van der Waals surface area (Å²) in [6.07, 6.45) is 5.31. The predicted octanol–water partition coefficient (Wildman–Crippen LogP) is 4.56. The summed E-state index contributed by atoms with van der Waals surface area (Å²) in [7, 11) is 1.59. The first-order chi connectivity index (χ1) is 14.9. The van der Waals surface area contributed by atoms with Gasteiger partial charge in [0.05, 0.1) is 20.1 Å². The second kappa shape index (κ2) is 10.1. The smallest absolute Gasteiger partial charge is 0.310 e. The minimum absolute atomic E-state index is 0.120. The zero-order valence-electron chi connectivity index (χ0n) is 18.8. The van der Waals surface area contributed by atoms with Crippen molar-refractivity contribution in [2.75, 3.05) is 26.8 Å². The Bertz CT molecular complexity index is 888. The van der Waals surface area contributed by atoms with Gasteiger partial charge in [-0.3, -0.25) is 9.59 Å². The van der Waals surface area contributed by atoms with Crippen molar-refractivity contribution in [1.29, 1.82) is 0 Å². The standard InChI is InChI=1S/C25H32FNO4/c1-5-27(25(29)18-8-9-18)15-21-16(3)22(26)11-10-19(21)20-13-17(7-12-23(20)30-4)14-24(28)31-6-2/h7,10-13,16,18,21H,5-6,8-9,14-15H2,1-4H3. The summed E-state index contributed by atoms with van der Waals surface area (Å²) < 4.78 is 25.2. The van der Waals surface area contributed by atoms with Gasteiger partial charge in [0.25, 0.3) is 0 Å². The van der Waals surface area contributed by atoms with E-state index in [2.05, 4.69) is 0 Å². The molecule has 168 valence electrons. The molecule has 0 N–H and O–H groups in total. The second-order valence-corrected chi connectivity index (χ2v) is 8.24. The maximum Gasteiger partial charge on any atom is 0.310 e. The third-order valence-corrected chi connectivity index (χ3v) is 6.13. The number of carbonyl (C=O) groups excluding carboxylic acids is 2. The molecule has 6 heteroatoms. The molecule has 2 aliphatic rings. The van der Waals surface area contributed by atoms with Crippen molar-refractivity contribution in [2.45, 2.75) is 40.0 Å². The van der Waals surface area contributed by atoms with Gasteiger partial charge in [0.15, 0.2) is 0 Å². The molecule has 2 atom stereocenters. The van der Waals surface area contributed by atoms with Crippen molar-refractivity contribution in [3.63, 3.8) is 0 Å². The number of ether oxygens (including phenoxy) is 2. The number of nitrogens with zero attached hydrogens (tertiary/aromatic N) is 1. The molecule has 1 aromatic carbocycles. The number of halogens is 1. The van der Waals surface area contributed by atoms with Crippen LogP contribution in [0.1, 0.15) is 44.7 Å². The number of esters is 1. The lowest BCUT2D eigenvalue weighted by Crippen LogP contribution is -2.39. The first-order valence-electron chi connectivity index (χ1n) is 11.1. The zero-order chi connectivity index (χ0) is 22.5. The summed E-state index contributed by atoms with van der Waals surface area (Å²) >= 11 is 0. The highest BCUT2D eigenvalue weighted by Gasteiger charge is 2.37. The molecule has 1 fully saturated rings. The molecule has 0 saturated heterocycles. The molecule has 0 heterocycles. The first kappa shape index (κ1) is 23.0. The predicted molar refractivity (Wildman–Crippen MR) is 118 cm³/mol. The van der Waals surface area contributed by atoms with Crippen LogP contribution < -0.4 is 4.74 Å². The molecular formula is C25H32FNO4. The Balaban J connectivity index is 1.94. The molecule has 0 aromatic heterocycles. The maximum absolute atomic E-state index is 14.6. The van der Waals surface area contributed by atoms with Gasteiger partial charge in [-0.25, -0.2) is 4.39 Å². The summed E-state index contributed by atoms with van der Waals surface area (Å²) in [5, 5.41) is 0. The fourth-order valence-electron chi connectivity index (χ4n) is 4.12. The van der Waals surface area contributed by atoms with Crippen molar-refractivity contribution in [1.82, 2.24) is 4.90 Å². The van der Waals surface area contributed by atoms with E-state index in [0.717, 1.165) is 29.5 Å². The van der Waals surface area contributed by atoms with Gasteiger partial charge >= 0.3 is 5.97 Å². The summed E-state index contributed by atoms with van der Waals surface area (Å²) in [6.45, 7) is 6.97. The van der Waals surface area contributed by atoms with E-state index < -0.39 is 0 Å². The number of hydrogen-bond acceptors (Lipinski definition) is 4. The average Bonchev–Trinajstić information content (AvgIpc) is 3.60. The first-order valence-corrected chi connectivity index (χ1v) is 11.1. The number of amides is 1. The third kappa shape index (κ3) is 5.35. The van der Waals surface area contributed by atoms with Crippen LogP contribution in [0, 0.1) is 17.8 Å². The Kier molecular flexibility index (Phi) is 7.52.